The monoisotopic (exact) mass is 246 g/mol. The van der Waals surface area contributed by atoms with E-state index in [1.807, 2.05) is 0 Å². The van der Waals surface area contributed by atoms with E-state index in [1.54, 1.807) is 0 Å². The molecule has 0 saturated carbocycles. The third-order valence-corrected chi connectivity index (χ3v) is 3.44. The van der Waals surface area contributed by atoms with Crippen LogP contribution in [0.2, 0.25) is 0 Å². The zero-order chi connectivity index (χ0) is 12.8. The Hall–Kier alpha value is -1.15. The van der Waals surface area contributed by atoms with Gasteiger partial charge in [0, 0.05) is 19.4 Å². The summed E-state index contributed by atoms with van der Waals surface area (Å²) >= 11 is 0. The highest BCUT2D eigenvalue weighted by Crippen LogP contribution is 2.23. The first kappa shape index (κ1) is 13.3. The number of ether oxygens (including phenoxy) is 1. The van der Waals surface area contributed by atoms with E-state index in [2.05, 4.69) is 25.1 Å². The predicted octanol–water partition coefficient (Wildman–Crippen LogP) is 3.10. The van der Waals surface area contributed by atoms with Crippen LogP contribution in [0.3, 0.4) is 0 Å². The summed E-state index contributed by atoms with van der Waals surface area (Å²) in [6, 6.07) is 6.51. The minimum Gasteiger partial charge on any atom is -0.381 e. The van der Waals surface area contributed by atoms with E-state index in [0.29, 0.717) is 19.4 Å². The minimum atomic E-state index is 0.282. The molecule has 0 aliphatic heterocycles. The number of carbonyl (C=O) groups excluding carboxylic acids is 1. The lowest BCUT2D eigenvalue weighted by molar-refractivity contribution is -0.119. The van der Waals surface area contributed by atoms with Crippen molar-refractivity contribution in [3.63, 3.8) is 0 Å². The zero-order valence-electron chi connectivity index (χ0n) is 11.2. The molecule has 0 fully saturated rings. The summed E-state index contributed by atoms with van der Waals surface area (Å²) in [5.74, 6) is 0.282. The molecular formula is C16H22O2. The zero-order valence-corrected chi connectivity index (χ0v) is 11.2. The highest BCUT2D eigenvalue weighted by Gasteiger charge is 2.12. The molecule has 2 nitrogen and oxygen atoms in total. The topological polar surface area (TPSA) is 26.3 Å². The van der Waals surface area contributed by atoms with Gasteiger partial charge in [-0.2, -0.15) is 0 Å². The number of rotatable bonds is 7. The molecule has 0 heterocycles. The fourth-order valence-corrected chi connectivity index (χ4v) is 2.48. The molecule has 98 valence electrons. The Balaban J connectivity index is 1.80. The number of fused-ring (bicyclic) bond motifs is 1. The Morgan fingerprint density at radius 2 is 2.06 bits per heavy atom. The maximum absolute atomic E-state index is 11.8. The van der Waals surface area contributed by atoms with E-state index >= 15 is 0 Å². The number of carbonyl (C=O) groups is 1. The van der Waals surface area contributed by atoms with Gasteiger partial charge in [-0.3, -0.25) is 4.79 Å². The van der Waals surface area contributed by atoms with Crippen molar-refractivity contribution in [1.29, 1.82) is 0 Å². The van der Waals surface area contributed by atoms with Crippen LogP contribution in [0.1, 0.15) is 42.9 Å². The first-order valence-corrected chi connectivity index (χ1v) is 6.99. The van der Waals surface area contributed by atoms with Crippen LogP contribution in [-0.2, 0) is 28.8 Å². The first-order valence-electron chi connectivity index (χ1n) is 6.99. The molecule has 2 heteroatoms. The van der Waals surface area contributed by atoms with Crippen LogP contribution in [0.25, 0.3) is 0 Å². The minimum absolute atomic E-state index is 0.282. The van der Waals surface area contributed by atoms with Crippen LogP contribution in [0.5, 0.6) is 0 Å². The quantitative estimate of drug-likeness (QED) is 0.691. The maximum Gasteiger partial charge on any atom is 0.139 e. The van der Waals surface area contributed by atoms with Gasteiger partial charge in [-0.05, 0) is 42.4 Å². The van der Waals surface area contributed by atoms with Gasteiger partial charge in [0.15, 0.2) is 0 Å². The third kappa shape index (κ3) is 3.67. The normalized spacial score (nSPS) is 13.6. The molecule has 1 aromatic rings. The Labute approximate surface area is 109 Å². The van der Waals surface area contributed by atoms with Crippen LogP contribution in [0.15, 0.2) is 18.2 Å². The van der Waals surface area contributed by atoms with Crippen molar-refractivity contribution in [2.75, 3.05) is 13.2 Å². The number of Topliss-reactive ketones (excluding diaryl/α,β-unsaturated/α-hetero) is 1. The third-order valence-electron chi connectivity index (χ3n) is 3.44. The number of aryl methyl sites for hydroxylation is 2. The van der Waals surface area contributed by atoms with E-state index in [1.165, 1.54) is 30.4 Å². The number of benzene rings is 1. The van der Waals surface area contributed by atoms with Crippen molar-refractivity contribution < 1.29 is 9.53 Å². The second-order valence-electron chi connectivity index (χ2n) is 5.03. The van der Waals surface area contributed by atoms with Crippen molar-refractivity contribution in [2.45, 2.75) is 45.4 Å². The summed E-state index contributed by atoms with van der Waals surface area (Å²) in [4.78, 5) is 11.8. The largest absolute Gasteiger partial charge is 0.381 e. The van der Waals surface area contributed by atoms with Crippen molar-refractivity contribution >= 4 is 5.78 Å². The summed E-state index contributed by atoms with van der Waals surface area (Å²) in [6.45, 7) is 3.40. The molecule has 0 N–H and O–H groups in total. The summed E-state index contributed by atoms with van der Waals surface area (Å²) < 4.78 is 5.34. The van der Waals surface area contributed by atoms with Gasteiger partial charge >= 0.3 is 0 Å². The van der Waals surface area contributed by atoms with Crippen molar-refractivity contribution in [3.8, 4) is 0 Å². The van der Waals surface area contributed by atoms with Crippen LogP contribution in [0, 0.1) is 0 Å². The summed E-state index contributed by atoms with van der Waals surface area (Å²) in [6.07, 6.45) is 5.75. The lowest BCUT2D eigenvalue weighted by atomic mass is 10.0. The molecule has 18 heavy (non-hydrogen) atoms. The van der Waals surface area contributed by atoms with Crippen molar-refractivity contribution in [2.24, 2.45) is 0 Å². The van der Waals surface area contributed by atoms with Crippen molar-refractivity contribution in [1.82, 2.24) is 0 Å². The van der Waals surface area contributed by atoms with Crippen molar-refractivity contribution in [3.05, 3.63) is 34.9 Å². The van der Waals surface area contributed by atoms with E-state index in [4.69, 9.17) is 4.74 Å². The Morgan fingerprint density at radius 3 is 2.89 bits per heavy atom. The van der Waals surface area contributed by atoms with Gasteiger partial charge in [-0.25, -0.2) is 0 Å². The standard InChI is InChI=1S/C16H22O2/c1-2-9-18-10-8-16(17)12-13-6-7-14-4-3-5-15(14)11-13/h6-7,11H,2-5,8-10,12H2,1H3. The fourth-order valence-electron chi connectivity index (χ4n) is 2.48. The van der Waals surface area contributed by atoms with Gasteiger partial charge in [0.2, 0.25) is 0 Å². The second-order valence-corrected chi connectivity index (χ2v) is 5.03. The van der Waals surface area contributed by atoms with E-state index in [-0.39, 0.29) is 5.78 Å². The Bertz CT molecular complexity index is 410. The van der Waals surface area contributed by atoms with Crippen LogP contribution >= 0.6 is 0 Å². The van der Waals surface area contributed by atoms with Crippen LogP contribution < -0.4 is 0 Å². The lowest BCUT2D eigenvalue weighted by Crippen LogP contribution is -2.08. The lowest BCUT2D eigenvalue weighted by Gasteiger charge is -2.05. The molecule has 0 saturated heterocycles. The molecule has 0 bridgehead atoms. The molecule has 1 aliphatic carbocycles. The number of ketones is 1. The highest BCUT2D eigenvalue weighted by atomic mass is 16.5. The molecule has 1 aliphatic rings. The van der Waals surface area contributed by atoms with Gasteiger partial charge in [-0.1, -0.05) is 25.1 Å². The van der Waals surface area contributed by atoms with E-state index in [0.717, 1.165) is 18.6 Å². The second kappa shape index (κ2) is 6.69. The van der Waals surface area contributed by atoms with E-state index in [9.17, 15) is 4.79 Å². The maximum atomic E-state index is 11.8. The van der Waals surface area contributed by atoms with Gasteiger partial charge < -0.3 is 4.74 Å². The highest BCUT2D eigenvalue weighted by molar-refractivity contribution is 5.81. The average Bonchev–Trinajstić information content (AvgIpc) is 2.82. The molecular weight excluding hydrogens is 224 g/mol. The number of hydrogen-bond donors (Lipinski definition) is 0. The number of hydrogen-bond acceptors (Lipinski definition) is 2. The van der Waals surface area contributed by atoms with Crippen LogP contribution in [-0.4, -0.2) is 19.0 Å². The molecule has 2 rings (SSSR count). The molecule has 0 radical (unpaired) electrons. The fraction of sp³-hybridized carbons (Fsp3) is 0.562. The van der Waals surface area contributed by atoms with Gasteiger partial charge in [-0.15, -0.1) is 0 Å². The van der Waals surface area contributed by atoms with Gasteiger partial charge in [0.25, 0.3) is 0 Å². The Kier molecular flexibility index (Phi) is 4.94. The summed E-state index contributed by atoms with van der Waals surface area (Å²) in [5, 5.41) is 0. The first-order chi connectivity index (χ1) is 8.79. The molecule has 1 aromatic carbocycles. The van der Waals surface area contributed by atoms with Gasteiger partial charge in [0.1, 0.15) is 5.78 Å². The molecule has 0 aromatic heterocycles. The molecule has 0 amide bonds. The van der Waals surface area contributed by atoms with Crippen LogP contribution in [0.4, 0.5) is 0 Å². The van der Waals surface area contributed by atoms with E-state index < -0.39 is 0 Å². The van der Waals surface area contributed by atoms with Gasteiger partial charge in [0.05, 0.1) is 6.61 Å². The Morgan fingerprint density at radius 1 is 1.22 bits per heavy atom. The smallest absolute Gasteiger partial charge is 0.139 e. The summed E-state index contributed by atoms with van der Waals surface area (Å²) in [5.41, 5.74) is 4.08. The molecule has 0 unspecified atom stereocenters. The predicted molar refractivity (Wildman–Crippen MR) is 72.9 cm³/mol. The SMILES string of the molecule is CCCOCCC(=O)Cc1ccc2c(c1)CCC2. The molecule has 0 spiro atoms. The average molecular weight is 246 g/mol. The molecule has 0 atom stereocenters. The summed E-state index contributed by atoms with van der Waals surface area (Å²) in [7, 11) is 0.